The first-order valence-corrected chi connectivity index (χ1v) is 5.83. The highest BCUT2D eigenvalue weighted by molar-refractivity contribution is 4.87. The van der Waals surface area contributed by atoms with E-state index in [0.717, 1.165) is 45.5 Å². The van der Waals surface area contributed by atoms with Crippen LogP contribution in [0.4, 0.5) is 0 Å². The number of rotatable bonds is 3. The molecule has 0 aromatic carbocycles. The SMILES string of the molecule is OCC1(CN2CCC(O)CC2)CCOC1. The van der Waals surface area contributed by atoms with Crippen LogP contribution in [0, 0.1) is 5.41 Å². The molecular weight excluding hydrogens is 194 g/mol. The van der Waals surface area contributed by atoms with Gasteiger partial charge in [-0.3, -0.25) is 0 Å². The Bertz CT molecular complexity index is 196. The van der Waals surface area contributed by atoms with Crippen molar-refractivity contribution in [1.29, 1.82) is 0 Å². The molecule has 0 saturated carbocycles. The third kappa shape index (κ3) is 2.69. The summed E-state index contributed by atoms with van der Waals surface area (Å²) in [4.78, 5) is 2.34. The van der Waals surface area contributed by atoms with Crippen molar-refractivity contribution in [3.63, 3.8) is 0 Å². The van der Waals surface area contributed by atoms with Gasteiger partial charge in [0.05, 0.1) is 19.3 Å². The summed E-state index contributed by atoms with van der Waals surface area (Å²) < 4.78 is 5.38. The van der Waals surface area contributed by atoms with Crippen molar-refractivity contribution in [2.75, 3.05) is 39.5 Å². The number of likely N-dealkylation sites (tertiary alicyclic amines) is 1. The summed E-state index contributed by atoms with van der Waals surface area (Å²) in [5.74, 6) is 0. The van der Waals surface area contributed by atoms with Crippen molar-refractivity contribution in [1.82, 2.24) is 4.90 Å². The van der Waals surface area contributed by atoms with Gasteiger partial charge in [-0.2, -0.15) is 0 Å². The lowest BCUT2D eigenvalue weighted by Crippen LogP contribution is -2.45. The summed E-state index contributed by atoms with van der Waals surface area (Å²) >= 11 is 0. The standard InChI is InChI=1S/C11H21NO3/c13-8-11(3-6-15-9-11)7-12-4-1-10(14)2-5-12/h10,13-14H,1-9H2. The van der Waals surface area contributed by atoms with Crippen LogP contribution in [0.5, 0.6) is 0 Å². The second-order valence-corrected chi connectivity index (χ2v) is 4.97. The van der Waals surface area contributed by atoms with Gasteiger partial charge in [0, 0.05) is 31.7 Å². The number of aliphatic hydroxyl groups excluding tert-OH is 2. The molecule has 0 aliphatic carbocycles. The van der Waals surface area contributed by atoms with Crippen LogP contribution in [0.3, 0.4) is 0 Å². The molecule has 2 fully saturated rings. The van der Waals surface area contributed by atoms with E-state index < -0.39 is 0 Å². The van der Waals surface area contributed by atoms with Gasteiger partial charge in [-0.25, -0.2) is 0 Å². The van der Waals surface area contributed by atoms with Crippen molar-refractivity contribution in [3.05, 3.63) is 0 Å². The maximum absolute atomic E-state index is 9.44. The van der Waals surface area contributed by atoms with E-state index in [1.807, 2.05) is 0 Å². The van der Waals surface area contributed by atoms with Gasteiger partial charge < -0.3 is 19.8 Å². The summed E-state index contributed by atoms with van der Waals surface area (Å²) in [6.45, 7) is 4.48. The minimum atomic E-state index is -0.119. The predicted octanol–water partition coefficient (Wildman–Crippen LogP) is -0.158. The highest BCUT2D eigenvalue weighted by Crippen LogP contribution is 2.30. The van der Waals surface area contributed by atoms with Gasteiger partial charge in [0.25, 0.3) is 0 Å². The molecule has 4 nitrogen and oxygen atoms in total. The first-order valence-electron chi connectivity index (χ1n) is 5.83. The molecule has 2 N–H and O–H groups in total. The molecule has 2 saturated heterocycles. The van der Waals surface area contributed by atoms with Crippen LogP contribution in [0.1, 0.15) is 19.3 Å². The number of hydrogen-bond donors (Lipinski definition) is 2. The average molecular weight is 215 g/mol. The molecule has 0 amide bonds. The predicted molar refractivity (Wildman–Crippen MR) is 56.6 cm³/mol. The lowest BCUT2D eigenvalue weighted by molar-refractivity contribution is 0.0259. The Hall–Kier alpha value is -0.160. The van der Waals surface area contributed by atoms with Crippen molar-refractivity contribution < 1.29 is 14.9 Å². The Morgan fingerprint density at radius 1 is 1.33 bits per heavy atom. The molecule has 88 valence electrons. The number of nitrogens with zero attached hydrogens (tertiary/aromatic N) is 1. The van der Waals surface area contributed by atoms with Crippen LogP contribution in [0.2, 0.25) is 0 Å². The Morgan fingerprint density at radius 3 is 2.60 bits per heavy atom. The molecule has 0 radical (unpaired) electrons. The highest BCUT2D eigenvalue weighted by atomic mass is 16.5. The highest BCUT2D eigenvalue weighted by Gasteiger charge is 2.36. The molecule has 4 heteroatoms. The molecule has 2 heterocycles. The van der Waals surface area contributed by atoms with Crippen molar-refractivity contribution >= 4 is 0 Å². The molecule has 2 aliphatic heterocycles. The quantitative estimate of drug-likeness (QED) is 0.687. The van der Waals surface area contributed by atoms with E-state index >= 15 is 0 Å². The maximum atomic E-state index is 9.44. The zero-order valence-electron chi connectivity index (χ0n) is 9.19. The van der Waals surface area contributed by atoms with Gasteiger partial charge in [-0.05, 0) is 19.3 Å². The first kappa shape index (κ1) is 11.3. The van der Waals surface area contributed by atoms with Gasteiger partial charge in [0.2, 0.25) is 0 Å². The Kier molecular flexibility index (Phi) is 3.61. The molecule has 1 unspecified atom stereocenters. The van der Waals surface area contributed by atoms with E-state index in [9.17, 15) is 10.2 Å². The van der Waals surface area contributed by atoms with E-state index in [0.29, 0.717) is 6.61 Å². The molecule has 2 aliphatic rings. The van der Waals surface area contributed by atoms with Crippen molar-refractivity contribution in [2.45, 2.75) is 25.4 Å². The normalized spacial score (nSPS) is 34.8. The minimum Gasteiger partial charge on any atom is -0.396 e. The van der Waals surface area contributed by atoms with Crippen LogP contribution < -0.4 is 0 Å². The lowest BCUT2D eigenvalue weighted by Gasteiger charge is -2.36. The number of ether oxygens (including phenoxy) is 1. The molecule has 1 atom stereocenters. The van der Waals surface area contributed by atoms with E-state index in [2.05, 4.69) is 4.90 Å². The summed E-state index contributed by atoms with van der Waals surface area (Å²) in [6.07, 6.45) is 2.57. The van der Waals surface area contributed by atoms with Crippen LogP contribution >= 0.6 is 0 Å². The first-order chi connectivity index (χ1) is 7.24. The molecule has 0 aromatic rings. The second kappa shape index (κ2) is 4.78. The third-order valence-electron chi connectivity index (χ3n) is 3.64. The molecule has 0 spiro atoms. The smallest absolute Gasteiger partial charge is 0.0564 e. The van der Waals surface area contributed by atoms with Crippen molar-refractivity contribution in [2.24, 2.45) is 5.41 Å². The zero-order chi connectivity index (χ0) is 10.7. The van der Waals surface area contributed by atoms with Crippen molar-refractivity contribution in [3.8, 4) is 0 Å². The zero-order valence-corrected chi connectivity index (χ0v) is 9.19. The van der Waals surface area contributed by atoms with Crippen LogP contribution in [0.25, 0.3) is 0 Å². The van der Waals surface area contributed by atoms with Gasteiger partial charge in [0.15, 0.2) is 0 Å². The van der Waals surface area contributed by atoms with E-state index in [1.54, 1.807) is 0 Å². The molecular formula is C11H21NO3. The van der Waals surface area contributed by atoms with Gasteiger partial charge in [0.1, 0.15) is 0 Å². The summed E-state index contributed by atoms with van der Waals surface area (Å²) in [7, 11) is 0. The molecule has 0 bridgehead atoms. The molecule has 0 aromatic heterocycles. The lowest BCUT2D eigenvalue weighted by atomic mass is 9.87. The Labute approximate surface area is 90.8 Å². The Morgan fingerprint density at radius 2 is 2.07 bits per heavy atom. The van der Waals surface area contributed by atoms with Gasteiger partial charge in [-0.1, -0.05) is 0 Å². The number of hydrogen-bond acceptors (Lipinski definition) is 4. The fourth-order valence-corrected chi connectivity index (χ4v) is 2.50. The van der Waals surface area contributed by atoms with Gasteiger partial charge in [-0.15, -0.1) is 0 Å². The minimum absolute atomic E-state index is 0.0394. The van der Waals surface area contributed by atoms with E-state index in [1.165, 1.54) is 0 Å². The second-order valence-electron chi connectivity index (χ2n) is 4.97. The summed E-state index contributed by atoms with van der Waals surface area (Å²) in [6, 6.07) is 0. The fourth-order valence-electron chi connectivity index (χ4n) is 2.50. The van der Waals surface area contributed by atoms with Crippen LogP contribution in [0.15, 0.2) is 0 Å². The monoisotopic (exact) mass is 215 g/mol. The number of piperidine rings is 1. The maximum Gasteiger partial charge on any atom is 0.0564 e. The van der Waals surface area contributed by atoms with Crippen LogP contribution in [-0.4, -0.2) is 60.7 Å². The third-order valence-corrected chi connectivity index (χ3v) is 3.64. The topological polar surface area (TPSA) is 52.9 Å². The molecule has 2 rings (SSSR count). The fraction of sp³-hybridized carbons (Fsp3) is 1.00. The van der Waals surface area contributed by atoms with E-state index in [4.69, 9.17) is 4.74 Å². The summed E-state index contributed by atoms with van der Waals surface area (Å²) in [5.41, 5.74) is -0.0394. The van der Waals surface area contributed by atoms with Gasteiger partial charge >= 0.3 is 0 Å². The van der Waals surface area contributed by atoms with E-state index in [-0.39, 0.29) is 18.1 Å². The largest absolute Gasteiger partial charge is 0.396 e. The Balaban J connectivity index is 1.84. The summed E-state index contributed by atoms with van der Waals surface area (Å²) in [5, 5.41) is 18.9. The average Bonchev–Trinajstić information content (AvgIpc) is 2.71. The molecule has 15 heavy (non-hydrogen) atoms. The van der Waals surface area contributed by atoms with Crippen LogP contribution in [-0.2, 0) is 4.74 Å². The number of aliphatic hydroxyl groups is 2.